The number of benzene rings is 1. The van der Waals surface area contributed by atoms with Crippen LogP contribution in [0.1, 0.15) is 36.0 Å². The van der Waals surface area contributed by atoms with E-state index >= 15 is 0 Å². The van der Waals surface area contributed by atoms with Crippen LogP contribution in [-0.4, -0.2) is 36.1 Å². The molecule has 1 aromatic carbocycles. The molecule has 0 aliphatic carbocycles. The van der Waals surface area contributed by atoms with Crippen LogP contribution in [0.2, 0.25) is 0 Å². The van der Waals surface area contributed by atoms with Crippen molar-refractivity contribution in [1.29, 1.82) is 0 Å². The molecule has 0 aromatic heterocycles. The molecular formula is C15H17F2NO2. The van der Waals surface area contributed by atoms with E-state index < -0.39 is 23.2 Å². The van der Waals surface area contributed by atoms with Gasteiger partial charge in [0.05, 0.1) is 0 Å². The van der Waals surface area contributed by atoms with Crippen molar-refractivity contribution in [2.24, 2.45) is 0 Å². The molecule has 1 unspecified atom stereocenters. The van der Waals surface area contributed by atoms with Crippen molar-refractivity contribution in [1.82, 2.24) is 4.90 Å². The molecule has 2 aliphatic heterocycles. The van der Waals surface area contributed by atoms with E-state index in [1.807, 2.05) is 0 Å². The molecular weight excluding hydrogens is 264 g/mol. The molecule has 5 heteroatoms. The van der Waals surface area contributed by atoms with Crippen LogP contribution in [0.5, 0.6) is 0 Å². The normalized spacial score (nSPS) is 29.4. The first-order valence-corrected chi connectivity index (χ1v) is 6.93. The number of rotatable bonds is 2. The van der Waals surface area contributed by atoms with Crippen LogP contribution in [0.15, 0.2) is 18.2 Å². The molecule has 2 saturated heterocycles. The van der Waals surface area contributed by atoms with Gasteiger partial charge in [-0.05, 0) is 32.0 Å². The largest absolute Gasteiger partial charge is 0.459 e. The summed E-state index contributed by atoms with van der Waals surface area (Å²) in [5.41, 5.74) is -0.584. The van der Waals surface area contributed by atoms with Crippen molar-refractivity contribution >= 4 is 5.97 Å². The number of hydrogen-bond acceptors (Lipinski definition) is 3. The molecule has 2 heterocycles. The zero-order chi connectivity index (χ0) is 14.3. The third-order valence-electron chi connectivity index (χ3n) is 4.50. The van der Waals surface area contributed by atoms with Crippen LogP contribution < -0.4 is 0 Å². The Balaban J connectivity index is 1.71. The highest BCUT2D eigenvalue weighted by Crippen LogP contribution is 2.35. The maximum Gasteiger partial charge on any atom is 0.344 e. The van der Waals surface area contributed by atoms with Gasteiger partial charge in [-0.15, -0.1) is 0 Å². The Bertz CT molecular complexity index is 500. The monoisotopic (exact) mass is 281 g/mol. The number of hydrogen-bond donors (Lipinski definition) is 0. The lowest BCUT2D eigenvalue weighted by molar-refractivity contribution is -0.00125. The third-order valence-corrected chi connectivity index (χ3v) is 4.50. The van der Waals surface area contributed by atoms with E-state index in [1.54, 1.807) is 0 Å². The zero-order valence-corrected chi connectivity index (χ0v) is 11.3. The summed E-state index contributed by atoms with van der Waals surface area (Å²) in [6, 6.07) is 4.20. The molecule has 3 atom stereocenters. The van der Waals surface area contributed by atoms with E-state index in [9.17, 15) is 13.6 Å². The van der Waals surface area contributed by atoms with Crippen LogP contribution in [0, 0.1) is 11.6 Å². The lowest BCUT2D eigenvalue weighted by Crippen LogP contribution is -2.43. The number of fused-ring (bicyclic) bond motifs is 2. The van der Waals surface area contributed by atoms with Gasteiger partial charge in [-0.1, -0.05) is 6.07 Å². The van der Waals surface area contributed by atoms with Gasteiger partial charge in [0.25, 0.3) is 0 Å². The quantitative estimate of drug-likeness (QED) is 0.781. The first-order valence-electron chi connectivity index (χ1n) is 6.93. The maximum atomic E-state index is 13.5. The van der Waals surface area contributed by atoms with Crippen LogP contribution in [0.4, 0.5) is 8.78 Å². The fourth-order valence-corrected chi connectivity index (χ4v) is 3.36. The maximum absolute atomic E-state index is 13.5. The number of esters is 1. The fourth-order valence-electron chi connectivity index (χ4n) is 3.36. The topological polar surface area (TPSA) is 29.5 Å². The highest BCUT2D eigenvalue weighted by atomic mass is 19.1. The van der Waals surface area contributed by atoms with Gasteiger partial charge in [0, 0.05) is 24.9 Å². The van der Waals surface area contributed by atoms with Crippen LogP contribution >= 0.6 is 0 Å². The van der Waals surface area contributed by atoms with Gasteiger partial charge in [0.1, 0.15) is 23.3 Å². The van der Waals surface area contributed by atoms with Crippen LogP contribution in [-0.2, 0) is 4.74 Å². The molecule has 3 rings (SSSR count). The second-order valence-corrected chi connectivity index (χ2v) is 5.65. The summed E-state index contributed by atoms with van der Waals surface area (Å²) in [7, 11) is 2.08. The molecule has 0 radical (unpaired) electrons. The average molecular weight is 281 g/mol. The van der Waals surface area contributed by atoms with E-state index in [4.69, 9.17) is 4.74 Å². The molecule has 20 heavy (non-hydrogen) atoms. The second-order valence-electron chi connectivity index (χ2n) is 5.65. The van der Waals surface area contributed by atoms with Gasteiger partial charge < -0.3 is 9.64 Å². The number of nitrogens with zero attached hydrogens (tertiary/aromatic N) is 1. The molecule has 2 bridgehead atoms. The summed E-state index contributed by atoms with van der Waals surface area (Å²) in [5, 5.41) is 0. The number of ether oxygens (including phenoxy) is 1. The second kappa shape index (κ2) is 5.13. The first-order chi connectivity index (χ1) is 9.56. The fraction of sp³-hybridized carbons (Fsp3) is 0.533. The minimum atomic E-state index is -0.894. The predicted molar refractivity (Wildman–Crippen MR) is 69.4 cm³/mol. The Morgan fingerprint density at radius 2 is 1.75 bits per heavy atom. The van der Waals surface area contributed by atoms with Crippen molar-refractivity contribution in [3.05, 3.63) is 35.4 Å². The summed E-state index contributed by atoms with van der Waals surface area (Å²) in [4.78, 5) is 14.3. The highest BCUT2D eigenvalue weighted by molar-refractivity contribution is 5.90. The summed E-state index contributed by atoms with van der Waals surface area (Å²) < 4.78 is 32.4. The van der Waals surface area contributed by atoms with Crippen molar-refractivity contribution in [2.75, 3.05) is 7.05 Å². The Labute approximate surface area is 116 Å². The van der Waals surface area contributed by atoms with E-state index in [2.05, 4.69) is 11.9 Å². The lowest BCUT2D eigenvalue weighted by Gasteiger charge is -2.35. The minimum absolute atomic E-state index is 0.241. The summed E-state index contributed by atoms with van der Waals surface area (Å²) in [6.45, 7) is 0. The summed E-state index contributed by atoms with van der Waals surface area (Å²) >= 11 is 0. The lowest BCUT2D eigenvalue weighted by atomic mass is 10.0. The Morgan fingerprint density at radius 3 is 2.30 bits per heavy atom. The molecule has 0 N–H and O–H groups in total. The first kappa shape index (κ1) is 13.5. The van der Waals surface area contributed by atoms with Gasteiger partial charge in [-0.3, -0.25) is 0 Å². The standard InChI is InChI=1S/C15H17F2NO2/c1-18-9-5-6-10(18)8-11(7-9)20-15(19)14-12(16)3-2-4-13(14)17/h2-4,9-11H,5-8H2,1H3/t9-,10+,11?. The Hall–Kier alpha value is -1.49. The van der Waals surface area contributed by atoms with Crippen molar-refractivity contribution in [2.45, 2.75) is 43.9 Å². The molecule has 3 nitrogen and oxygen atoms in total. The molecule has 2 fully saturated rings. The summed E-state index contributed by atoms with van der Waals surface area (Å²) in [5.74, 6) is -2.63. The molecule has 108 valence electrons. The Kier molecular flexibility index (Phi) is 3.46. The van der Waals surface area contributed by atoms with E-state index in [0.29, 0.717) is 12.1 Å². The van der Waals surface area contributed by atoms with Crippen LogP contribution in [0.25, 0.3) is 0 Å². The number of carbonyl (C=O) groups is 1. The Morgan fingerprint density at radius 1 is 1.20 bits per heavy atom. The number of piperidine rings is 1. The van der Waals surface area contributed by atoms with Gasteiger partial charge >= 0.3 is 5.97 Å². The minimum Gasteiger partial charge on any atom is -0.459 e. The third kappa shape index (κ3) is 2.30. The van der Waals surface area contributed by atoms with Gasteiger partial charge in [0.2, 0.25) is 0 Å². The van der Waals surface area contributed by atoms with E-state index in [1.165, 1.54) is 6.07 Å². The number of carbonyl (C=O) groups excluding carboxylic acids is 1. The van der Waals surface area contributed by atoms with Crippen molar-refractivity contribution in [3.8, 4) is 0 Å². The van der Waals surface area contributed by atoms with Gasteiger partial charge in [0.15, 0.2) is 0 Å². The molecule has 0 spiro atoms. The molecule has 1 aromatic rings. The SMILES string of the molecule is CN1[C@@H]2CC[C@H]1CC(OC(=O)c1c(F)cccc1F)C2. The number of halogens is 2. The van der Waals surface area contributed by atoms with E-state index in [-0.39, 0.29) is 6.10 Å². The zero-order valence-electron chi connectivity index (χ0n) is 11.3. The van der Waals surface area contributed by atoms with Gasteiger partial charge in [-0.25, -0.2) is 13.6 Å². The molecule has 0 saturated carbocycles. The molecule has 2 aliphatic rings. The summed E-state index contributed by atoms with van der Waals surface area (Å²) in [6.07, 6.45) is 3.45. The average Bonchev–Trinajstić information content (AvgIpc) is 2.62. The van der Waals surface area contributed by atoms with Crippen molar-refractivity contribution in [3.63, 3.8) is 0 Å². The highest BCUT2D eigenvalue weighted by Gasteiger charge is 2.40. The smallest absolute Gasteiger partial charge is 0.344 e. The van der Waals surface area contributed by atoms with Gasteiger partial charge in [-0.2, -0.15) is 0 Å². The van der Waals surface area contributed by atoms with Crippen molar-refractivity contribution < 1.29 is 18.3 Å². The van der Waals surface area contributed by atoms with E-state index in [0.717, 1.165) is 37.8 Å². The molecule has 0 amide bonds. The predicted octanol–water partition coefficient (Wildman–Crippen LogP) is 2.75. The van der Waals surface area contributed by atoms with Crippen LogP contribution in [0.3, 0.4) is 0 Å².